The van der Waals surface area contributed by atoms with Gasteiger partial charge >= 0.3 is 6.36 Å². The molecule has 1 N–H and O–H groups in total. The molecule has 0 aliphatic heterocycles. The van der Waals surface area contributed by atoms with Gasteiger partial charge in [-0.05, 0) is 42.3 Å². The van der Waals surface area contributed by atoms with Gasteiger partial charge in [-0.25, -0.2) is 0 Å². The van der Waals surface area contributed by atoms with Crippen molar-refractivity contribution in [3.63, 3.8) is 0 Å². The van der Waals surface area contributed by atoms with Crippen LogP contribution in [0.3, 0.4) is 0 Å². The second kappa shape index (κ2) is 5.86. The highest BCUT2D eigenvalue weighted by atomic mass is 19.4. The van der Waals surface area contributed by atoms with Crippen LogP contribution >= 0.6 is 0 Å². The third-order valence-corrected chi connectivity index (χ3v) is 2.83. The van der Waals surface area contributed by atoms with Crippen molar-refractivity contribution < 1.29 is 17.9 Å². The normalized spacial score (nSPS) is 11.2. The summed E-state index contributed by atoms with van der Waals surface area (Å²) in [6.45, 7) is 2.63. The molecule has 2 aromatic rings. The number of anilines is 1. The minimum Gasteiger partial charge on any atom is -0.406 e. The van der Waals surface area contributed by atoms with E-state index in [0.29, 0.717) is 6.54 Å². The van der Waals surface area contributed by atoms with Crippen LogP contribution in [0.5, 0.6) is 5.75 Å². The van der Waals surface area contributed by atoms with Crippen LogP contribution in [0.25, 0.3) is 0 Å². The molecule has 2 nitrogen and oxygen atoms in total. The lowest BCUT2D eigenvalue weighted by Gasteiger charge is -2.11. The van der Waals surface area contributed by atoms with Gasteiger partial charge in [-0.1, -0.05) is 24.3 Å². The Hall–Kier alpha value is -2.17. The number of benzene rings is 2. The summed E-state index contributed by atoms with van der Waals surface area (Å²) in [6.07, 6.45) is -4.66. The summed E-state index contributed by atoms with van der Waals surface area (Å²) in [5.74, 6) is -0.223. The monoisotopic (exact) mass is 281 g/mol. The molecule has 0 fully saturated rings. The standard InChI is InChI=1S/C15H14F3NO/c1-11-4-2-3-5-12(11)10-19-13-6-8-14(9-7-13)20-15(16,17)18/h2-9,19H,10H2,1H3. The molecule has 0 aliphatic carbocycles. The zero-order chi connectivity index (χ0) is 14.6. The van der Waals surface area contributed by atoms with Gasteiger partial charge in [-0.15, -0.1) is 13.2 Å². The van der Waals surface area contributed by atoms with Crippen molar-refractivity contribution in [3.05, 3.63) is 59.7 Å². The van der Waals surface area contributed by atoms with Gasteiger partial charge in [0.1, 0.15) is 5.75 Å². The van der Waals surface area contributed by atoms with E-state index in [2.05, 4.69) is 10.1 Å². The highest BCUT2D eigenvalue weighted by Crippen LogP contribution is 2.24. The number of nitrogens with one attached hydrogen (secondary N) is 1. The van der Waals surface area contributed by atoms with Crippen molar-refractivity contribution in [2.75, 3.05) is 5.32 Å². The van der Waals surface area contributed by atoms with Crippen molar-refractivity contribution in [2.45, 2.75) is 19.8 Å². The molecule has 106 valence electrons. The molecule has 0 saturated heterocycles. The van der Waals surface area contributed by atoms with Gasteiger partial charge in [0.25, 0.3) is 0 Å². The molecule has 5 heteroatoms. The van der Waals surface area contributed by atoms with Crippen molar-refractivity contribution >= 4 is 5.69 Å². The summed E-state index contributed by atoms with van der Waals surface area (Å²) < 4.78 is 39.9. The summed E-state index contributed by atoms with van der Waals surface area (Å²) in [4.78, 5) is 0. The number of halogens is 3. The minimum atomic E-state index is -4.66. The van der Waals surface area contributed by atoms with E-state index >= 15 is 0 Å². The maximum atomic E-state index is 12.0. The smallest absolute Gasteiger partial charge is 0.406 e. The number of aryl methyl sites for hydroxylation is 1. The molecule has 0 aliphatic rings. The van der Waals surface area contributed by atoms with E-state index in [4.69, 9.17) is 0 Å². The van der Waals surface area contributed by atoms with Crippen LogP contribution in [0.1, 0.15) is 11.1 Å². The van der Waals surface area contributed by atoms with Gasteiger partial charge in [0.05, 0.1) is 0 Å². The van der Waals surface area contributed by atoms with Gasteiger partial charge in [-0.2, -0.15) is 0 Å². The van der Waals surface area contributed by atoms with E-state index in [-0.39, 0.29) is 5.75 Å². The van der Waals surface area contributed by atoms with E-state index < -0.39 is 6.36 Å². The van der Waals surface area contributed by atoms with Crippen LogP contribution in [0.4, 0.5) is 18.9 Å². The molecule has 0 heterocycles. The first-order valence-corrected chi connectivity index (χ1v) is 6.08. The molecule has 0 saturated carbocycles. The average Bonchev–Trinajstić information content (AvgIpc) is 2.38. The van der Waals surface area contributed by atoms with Crippen LogP contribution in [-0.2, 0) is 6.54 Å². The molecular formula is C15H14F3NO. The van der Waals surface area contributed by atoms with Crippen LogP contribution in [0, 0.1) is 6.92 Å². The fraction of sp³-hybridized carbons (Fsp3) is 0.200. The number of hydrogen-bond acceptors (Lipinski definition) is 2. The lowest BCUT2D eigenvalue weighted by Crippen LogP contribution is -2.17. The molecular weight excluding hydrogens is 267 g/mol. The summed E-state index contributed by atoms with van der Waals surface area (Å²) in [7, 11) is 0. The number of alkyl halides is 3. The Labute approximate surface area is 115 Å². The van der Waals surface area contributed by atoms with E-state index in [1.54, 1.807) is 12.1 Å². The Bertz CT molecular complexity index is 564. The largest absolute Gasteiger partial charge is 0.573 e. The van der Waals surface area contributed by atoms with Crippen molar-refractivity contribution in [2.24, 2.45) is 0 Å². The number of rotatable bonds is 4. The zero-order valence-corrected chi connectivity index (χ0v) is 10.9. The SMILES string of the molecule is Cc1ccccc1CNc1ccc(OC(F)(F)F)cc1. The molecule has 0 radical (unpaired) electrons. The van der Waals surface area contributed by atoms with Gasteiger partial charge in [0.15, 0.2) is 0 Å². The van der Waals surface area contributed by atoms with Crippen LogP contribution in [0.15, 0.2) is 48.5 Å². The van der Waals surface area contributed by atoms with E-state index in [1.807, 2.05) is 31.2 Å². The highest BCUT2D eigenvalue weighted by Gasteiger charge is 2.30. The van der Waals surface area contributed by atoms with Crippen LogP contribution in [-0.4, -0.2) is 6.36 Å². The quantitative estimate of drug-likeness (QED) is 0.890. The lowest BCUT2D eigenvalue weighted by atomic mass is 10.1. The molecule has 0 amide bonds. The number of ether oxygens (including phenoxy) is 1. The summed E-state index contributed by atoms with van der Waals surface area (Å²) in [6, 6.07) is 13.6. The molecule has 2 aromatic carbocycles. The first-order chi connectivity index (χ1) is 9.44. The van der Waals surface area contributed by atoms with Crippen molar-refractivity contribution in [1.82, 2.24) is 0 Å². The second-order valence-corrected chi connectivity index (χ2v) is 4.35. The average molecular weight is 281 g/mol. The van der Waals surface area contributed by atoms with Gasteiger partial charge in [-0.3, -0.25) is 0 Å². The highest BCUT2D eigenvalue weighted by molar-refractivity contribution is 5.47. The topological polar surface area (TPSA) is 21.3 Å². The summed E-state index contributed by atoms with van der Waals surface area (Å²) in [5, 5.41) is 3.16. The van der Waals surface area contributed by atoms with Crippen LogP contribution in [0.2, 0.25) is 0 Å². The Morgan fingerprint density at radius 3 is 2.25 bits per heavy atom. The maximum absolute atomic E-state index is 12.0. The van der Waals surface area contributed by atoms with Gasteiger partial charge in [0.2, 0.25) is 0 Å². The van der Waals surface area contributed by atoms with Crippen LogP contribution < -0.4 is 10.1 Å². The fourth-order valence-corrected chi connectivity index (χ4v) is 1.78. The maximum Gasteiger partial charge on any atom is 0.573 e. The first-order valence-electron chi connectivity index (χ1n) is 6.08. The predicted octanol–water partition coefficient (Wildman–Crippen LogP) is 4.51. The second-order valence-electron chi connectivity index (χ2n) is 4.35. The third-order valence-electron chi connectivity index (χ3n) is 2.83. The summed E-state index contributed by atoms with van der Waals surface area (Å²) in [5.41, 5.74) is 3.04. The molecule has 20 heavy (non-hydrogen) atoms. The molecule has 0 atom stereocenters. The lowest BCUT2D eigenvalue weighted by molar-refractivity contribution is -0.274. The fourth-order valence-electron chi connectivity index (χ4n) is 1.78. The van der Waals surface area contributed by atoms with E-state index in [0.717, 1.165) is 16.8 Å². The van der Waals surface area contributed by atoms with Gasteiger partial charge in [0, 0.05) is 12.2 Å². The Balaban J connectivity index is 1.96. The minimum absolute atomic E-state index is 0.223. The van der Waals surface area contributed by atoms with Gasteiger partial charge < -0.3 is 10.1 Å². The van der Waals surface area contributed by atoms with E-state index in [1.165, 1.54) is 12.1 Å². The Morgan fingerprint density at radius 2 is 1.65 bits per heavy atom. The number of hydrogen-bond donors (Lipinski definition) is 1. The molecule has 2 rings (SSSR count). The molecule has 0 spiro atoms. The summed E-state index contributed by atoms with van der Waals surface area (Å²) >= 11 is 0. The predicted molar refractivity (Wildman–Crippen MR) is 71.6 cm³/mol. The molecule has 0 bridgehead atoms. The first kappa shape index (κ1) is 14.2. The Kier molecular flexibility index (Phi) is 4.17. The zero-order valence-electron chi connectivity index (χ0n) is 10.9. The Morgan fingerprint density at radius 1 is 1.00 bits per heavy atom. The third kappa shape index (κ3) is 4.19. The van der Waals surface area contributed by atoms with Crippen molar-refractivity contribution in [3.8, 4) is 5.75 Å². The van der Waals surface area contributed by atoms with Crippen molar-refractivity contribution in [1.29, 1.82) is 0 Å². The molecule has 0 aromatic heterocycles. The molecule has 0 unspecified atom stereocenters. The van der Waals surface area contributed by atoms with E-state index in [9.17, 15) is 13.2 Å².